The lowest BCUT2D eigenvalue weighted by atomic mass is 9.84. The van der Waals surface area contributed by atoms with Gasteiger partial charge in [0.05, 0.1) is 25.3 Å². The van der Waals surface area contributed by atoms with Crippen LogP contribution in [0.5, 0.6) is 5.75 Å². The summed E-state index contributed by atoms with van der Waals surface area (Å²) in [6.45, 7) is 4.32. The van der Waals surface area contributed by atoms with E-state index < -0.39 is 35.5 Å². The van der Waals surface area contributed by atoms with Crippen LogP contribution in [0.3, 0.4) is 0 Å². The Kier molecular flexibility index (Phi) is 5.01. The molecule has 1 aromatic carbocycles. The molecule has 2 saturated heterocycles. The summed E-state index contributed by atoms with van der Waals surface area (Å²) in [4.78, 5) is 42.1. The number of carbonyl (C=O) groups is 3. The molecule has 2 fully saturated rings. The van der Waals surface area contributed by atoms with Crippen molar-refractivity contribution in [2.24, 2.45) is 11.5 Å². The molecule has 0 aromatic heterocycles. The number of hydrogen-bond donors (Lipinski definition) is 8. The smallest absolute Gasteiger partial charge is 0.347 e. The Balaban J connectivity index is 1.32. The van der Waals surface area contributed by atoms with Gasteiger partial charge in [-0.1, -0.05) is 26.0 Å². The monoisotopic (exact) mass is 528 g/mol. The van der Waals surface area contributed by atoms with Crippen LogP contribution in [0.1, 0.15) is 42.6 Å². The number of nitrogens with one attached hydrogen (secondary N) is 4. The van der Waals surface area contributed by atoms with Gasteiger partial charge in [0, 0.05) is 23.8 Å². The Hall–Kier alpha value is -3.91. The van der Waals surface area contributed by atoms with Crippen molar-refractivity contribution in [3.05, 3.63) is 29.3 Å². The molecule has 5 heterocycles. The van der Waals surface area contributed by atoms with Gasteiger partial charge in [-0.05, 0) is 6.07 Å². The number of rotatable bonds is 4. The van der Waals surface area contributed by atoms with E-state index in [0.29, 0.717) is 12.4 Å². The van der Waals surface area contributed by atoms with E-state index in [9.17, 15) is 24.6 Å². The Morgan fingerprint density at radius 3 is 2.68 bits per heavy atom. The van der Waals surface area contributed by atoms with Gasteiger partial charge in [-0.15, -0.1) is 0 Å². The second-order valence-corrected chi connectivity index (χ2v) is 11.2. The number of aliphatic hydroxyl groups is 2. The number of nitrogens with zero attached hydrogens (tertiary/aromatic N) is 2. The first-order valence-corrected chi connectivity index (χ1v) is 12.6. The molecular weight excluding hydrogens is 496 g/mol. The third-order valence-electron chi connectivity index (χ3n) is 8.36. The number of fused-ring (bicyclic) bond motifs is 1. The molecule has 6 rings (SSSR count). The van der Waals surface area contributed by atoms with Crippen molar-refractivity contribution in [3.8, 4) is 5.75 Å². The number of hydrogen-bond acceptors (Lipinski definition) is 10. The van der Waals surface area contributed by atoms with Gasteiger partial charge in [0.15, 0.2) is 6.04 Å². The average Bonchev–Trinajstić information content (AvgIpc) is 3.54. The van der Waals surface area contributed by atoms with Crippen LogP contribution in [0.2, 0.25) is 0 Å². The fraction of sp³-hybridized carbons (Fsp3) is 0.542. The summed E-state index contributed by atoms with van der Waals surface area (Å²) >= 11 is 0. The van der Waals surface area contributed by atoms with E-state index in [1.807, 2.05) is 19.9 Å². The zero-order valence-corrected chi connectivity index (χ0v) is 21.1. The molecule has 5 aliphatic heterocycles. The molecule has 202 valence electrons. The van der Waals surface area contributed by atoms with Crippen LogP contribution in [0.15, 0.2) is 18.2 Å². The molecule has 0 radical (unpaired) electrons. The van der Waals surface area contributed by atoms with E-state index in [-0.39, 0.29) is 60.6 Å². The normalized spacial score (nSPS) is 32.2. The van der Waals surface area contributed by atoms with Gasteiger partial charge in [-0.3, -0.25) is 41.1 Å². The molecular formula is C24H32N8O6+2. The minimum Gasteiger partial charge on any atom is -0.492 e. The number of carbonyl (C=O) groups excluding carboxylic acids is 3. The minimum absolute atomic E-state index is 0.0523. The van der Waals surface area contributed by atoms with Crippen LogP contribution in [0.25, 0.3) is 0 Å². The molecule has 1 spiro atoms. The Morgan fingerprint density at radius 2 is 1.97 bits per heavy atom. The highest BCUT2D eigenvalue weighted by Gasteiger charge is 2.78. The van der Waals surface area contributed by atoms with E-state index in [4.69, 9.17) is 16.2 Å². The fourth-order valence-corrected chi connectivity index (χ4v) is 6.39. The summed E-state index contributed by atoms with van der Waals surface area (Å²) in [5, 5.41) is 32.1. The van der Waals surface area contributed by atoms with Gasteiger partial charge in [0.2, 0.25) is 11.8 Å². The Morgan fingerprint density at radius 1 is 1.26 bits per heavy atom. The van der Waals surface area contributed by atoms with Gasteiger partial charge < -0.3 is 20.3 Å². The number of imide groups is 1. The molecule has 0 bridgehead atoms. The van der Waals surface area contributed by atoms with Crippen LogP contribution in [0, 0.1) is 0 Å². The van der Waals surface area contributed by atoms with Crippen molar-refractivity contribution in [1.29, 1.82) is 0 Å². The van der Waals surface area contributed by atoms with E-state index >= 15 is 0 Å². The number of benzene rings is 1. The summed E-state index contributed by atoms with van der Waals surface area (Å²) in [6, 6.07) is 2.52. The van der Waals surface area contributed by atoms with Gasteiger partial charge in [0.1, 0.15) is 17.8 Å². The maximum absolute atomic E-state index is 13.4. The van der Waals surface area contributed by atoms with Gasteiger partial charge in [-0.25, -0.2) is 9.89 Å². The number of guanidine groups is 2. The lowest BCUT2D eigenvalue weighted by Crippen LogP contribution is -2.92. The van der Waals surface area contributed by atoms with Crippen molar-refractivity contribution in [3.63, 3.8) is 0 Å². The summed E-state index contributed by atoms with van der Waals surface area (Å²) in [6.07, 6.45) is 0.240. The summed E-state index contributed by atoms with van der Waals surface area (Å²) < 4.78 is 7.33. The first kappa shape index (κ1) is 24.4. The third kappa shape index (κ3) is 3.16. The first-order chi connectivity index (χ1) is 17.9. The molecule has 14 nitrogen and oxygen atoms in total. The second kappa shape index (κ2) is 7.80. The second-order valence-electron chi connectivity index (χ2n) is 11.2. The molecule has 14 heteroatoms. The van der Waals surface area contributed by atoms with Gasteiger partial charge in [-0.2, -0.15) is 0 Å². The Bertz CT molecular complexity index is 1320. The lowest BCUT2D eigenvalue weighted by Gasteiger charge is -2.41. The van der Waals surface area contributed by atoms with Crippen LogP contribution in [0.4, 0.5) is 0 Å². The standard InChI is InChI=1S/C24H30N8O6/c1-22(2)10-38-17-11(4-3-5-12(17)22)19(35)28-14-9-32-21(26)27-13(8-31-15(33)6-7-16(31)34)18-23(32,24(14,36)37)30-20(25)29-18/h3-5,13-14,18,36-37H,6-10H2,1-2H3,(H6,25,26,27,28,29,30,35)/p+2/t13-,14?,18-,23?/m0/s1. The van der Waals surface area contributed by atoms with E-state index in [2.05, 4.69) is 20.9 Å². The van der Waals surface area contributed by atoms with Gasteiger partial charge in [0.25, 0.3) is 17.4 Å². The molecule has 2 unspecified atom stereocenters. The van der Waals surface area contributed by atoms with Crippen molar-refractivity contribution in [2.45, 2.75) is 61.7 Å². The topological polar surface area (TPSA) is 209 Å². The number of ether oxygens (including phenoxy) is 1. The van der Waals surface area contributed by atoms with Crippen LogP contribution in [-0.2, 0) is 15.0 Å². The number of para-hydroxylation sites is 1. The van der Waals surface area contributed by atoms with E-state index in [0.717, 1.165) is 10.5 Å². The molecule has 1 aromatic rings. The predicted molar refractivity (Wildman–Crippen MR) is 130 cm³/mol. The predicted octanol–water partition coefficient (Wildman–Crippen LogP) is -5.34. The first-order valence-electron chi connectivity index (χ1n) is 12.6. The molecule has 38 heavy (non-hydrogen) atoms. The van der Waals surface area contributed by atoms with Crippen molar-refractivity contribution >= 4 is 29.6 Å². The third-order valence-corrected chi connectivity index (χ3v) is 8.36. The van der Waals surface area contributed by atoms with Crippen molar-refractivity contribution in [1.82, 2.24) is 20.9 Å². The molecule has 4 atom stereocenters. The number of amides is 3. The average molecular weight is 529 g/mol. The molecule has 0 aliphatic carbocycles. The fourth-order valence-electron chi connectivity index (χ4n) is 6.39. The minimum atomic E-state index is -2.59. The van der Waals surface area contributed by atoms with E-state index in [1.54, 1.807) is 12.1 Å². The molecule has 5 aliphatic rings. The SMILES string of the molecule is CC1(C)COc2c(C(=O)NC3C[N+]4=C(N)N[C@@H](CN5C(=O)CCC5=O)[C@@H]5[NH+]=C(N)NC54C3(O)O)cccc21. The highest BCUT2D eigenvalue weighted by molar-refractivity contribution is 6.02. The molecule has 0 saturated carbocycles. The van der Waals surface area contributed by atoms with Crippen molar-refractivity contribution in [2.75, 3.05) is 19.7 Å². The van der Waals surface area contributed by atoms with E-state index in [1.165, 1.54) is 4.58 Å². The van der Waals surface area contributed by atoms with Crippen molar-refractivity contribution < 1.29 is 38.9 Å². The van der Waals surface area contributed by atoms with Crippen LogP contribution in [-0.4, -0.2) is 98.6 Å². The summed E-state index contributed by atoms with van der Waals surface area (Å²) in [5.74, 6) is -3.17. The number of likely N-dealkylation sites (tertiary alicyclic amines) is 1. The lowest BCUT2D eigenvalue weighted by molar-refractivity contribution is -0.674. The maximum Gasteiger partial charge on any atom is 0.347 e. The molecule has 10 N–H and O–H groups in total. The highest BCUT2D eigenvalue weighted by Crippen LogP contribution is 2.41. The quantitative estimate of drug-likeness (QED) is 0.106. The Labute approximate surface area is 217 Å². The number of nitrogens with two attached hydrogens (primary N) is 2. The summed E-state index contributed by atoms with van der Waals surface area (Å²) in [7, 11) is 0. The van der Waals surface area contributed by atoms with Gasteiger partial charge >= 0.3 is 11.9 Å². The highest BCUT2D eigenvalue weighted by atomic mass is 16.5. The molecule has 3 amide bonds. The maximum atomic E-state index is 13.4. The van der Waals surface area contributed by atoms with Crippen LogP contribution >= 0.6 is 0 Å². The largest absolute Gasteiger partial charge is 0.492 e. The van der Waals surface area contributed by atoms with Crippen LogP contribution < -0.4 is 37.1 Å². The zero-order valence-electron chi connectivity index (χ0n) is 21.1. The summed E-state index contributed by atoms with van der Waals surface area (Å²) in [5.41, 5.74) is 11.6. The zero-order chi connectivity index (χ0) is 27.2.